The van der Waals surface area contributed by atoms with Crippen LogP contribution in [0.1, 0.15) is 38.1 Å². The number of nitrogens with zero attached hydrogens (tertiary/aromatic N) is 2. The van der Waals surface area contributed by atoms with Crippen molar-refractivity contribution in [1.82, 2.24) is 15.5 Å². The zero-order valence-electron chi connectivity index (χ0n) is 12.5. The number of aryl methyl sites for hydroxylation is 1. The van der Waals surface area contributed by atoms with Crippen LogP contribution in [0.15, 0.2) is 34.7 Å². The molecule has 0 saturated carbocycles. The zero-order valence-corrected chi connectivity index (χ0v) is 12.5. The number of aromatic nitrogens is 2. The number of rotatable bonds is 5. The van der Waals surface area contributed by atoms with E-state index in [4.69, 9.17) is 4.42 Å². The summed E-state index contributed by atoms with van der Waals surface area (Å²) in [6, 6.07) is 8.69. The second-order valence-electron chi connectivity index (χ2n) is 5.31. The summed E-state index contributed by atoms with van der Waals surface area (Å²) < 4.78 is 5.43. The van der Waals surface area contributed by atoms with Crippen LogP contribution in [-0.4, -0.2) is 16.2 Å². The third-order valence-corrected chi connectivity index (χ3v) is 2.88. The first-order chi connectivity index (χ1) is 10.0. The summed E-state index contributed by atoms with van der Waals surface area (Å²) in [6.07, 6.45) is 0.726. The third-order valence-electron chi connectivity index (χ3n) is 2.88. The zero-order chi connectivity index (χ0) is 15.2. The molecule has 0 fully saturated rings. The van der Waals surface area contributed by atoms with Crippen molar-refractivity contribution in [3.8, 4) is 0 Å². The molecule has 0 aliphatic carbocycles. The van der Waals surface area contributed by atoms with Gasteiger partial charge in [-0.2, -0.15) is 0 Å². The Bertz CT molecular complexity index is 580. The Morgan fingerprint density at radius 3 is 2.52 bits per heavy atom. The molecule has 112 valence electrons. The van der Waals surface area contributed by atoms with Gasteiger partial charge in [0, 0.05) is 12.6 Å². The van der Waals surface area contributed by atoms with Crippen LogP contribution in [0.25, 0.3) is 0 Å². The van der Waals surface area contributed by atoms with E-state index in [0.29, 0.717) is 17.7 Å². The van der Waals surface area contributed by atoms with Gasteiger partial charge >= 0.3 is 6.03 Å². The lowest BCUT2D eigenvalue weighted by molar-refractivity contribution is 0.242. The van der Waals surface area contributed by atoms with Gasteiger partial charge in [0.1, 0.15) is 6.04 Å². The van der Waals surface area contributed by atoms with Gasteiger partial charge in [-0.3, -0.25) is 0 Å². The summed E-state index contributed by atoms with van der Waals surface area (Å²) in [7, 11) is 0. The Hall–Kier alpha value is -2.37. The second kappa shape index (κ2) is 6.88. The molecule has 2 amide bonds. The van der Waals surface area contributed by atoms with E-state index in [1.807, 2.05) is 30.3 Å². The van der Waals surface area contributed by atoms with Crippen LogP contribution in [0.3, 0.4) is 0 Å². The minimum Gasteiger partial charge on any atom is -0.423 e. The molecule has 1 aromatic carbocycles. The molecule has 2 aromatic rings. The summed E-state index contributed by atoms with van der Waals surface area (Å²) in [6.45, 7) is 5.88. The molecular formula is C15H20N4O2. The number of nitrogens with one attached hydrogen (secondary N) is 2. The van der Waals surface area contributed by atoms with E-state index in [1.165, 1.54) is 0 Å². The van der Waals surface area contributed by atoms with Crippen LogP contribution >= 0.6 is 0 Å². The van der Waals surface area contributed by atoms with Gasteiger partial charge in [-0.15, -0.1) is 10.2 Å². The number of para-hydroxylation sites is 1. The van der Waals surface area contributed by atoms with Crippen LogP contribution in [0.5, 0.6) is 0 Å². The van der Waals surface area contributed by atoms with E-state index in [1.54, 1.807) is 6.92 Å². The van der Waals surface area contributed by atoms with Gasteiger partial charge in [-0.05, 0) is 24.5 Å². The maximum Gasteiger partial charge on any atom is 0.319 e. The average molecular weight is 288 g/mol. The molecule has 0 aliphatic rings. The normalized spacial score (nSPS) is 12.2. The van der Waals surface area contributed by atoms with Crippen molar-refractivity contribution >= 4 is 11.7 Å². The number of benzene rings is 1. The van der Waals surface area contributed by atoms with E-state index >= 15 is 0 Å². The number of urea groups is 1. The van der Waals surface area contributed by atoms with Gasteiger partial charge in [0.25, 0.3) is 0 Å². The monoisotopic (exact) mass is 288 g/mol. The van der Waals surface area contributed by atoms with Gasteiger partial charge in [0.2, 0.25) is 11.8 Å². The van der Waals surface area contributed by atoms with Gasteiger partial charge in [0.15, 0.2) is 0 Å². The van der Waals surface area contributed by atoms with Crippen molar-refractivity contribution < 1.29 is 9.21 Å². The molecule has 2 rings (SSSR count). The number of amides is 2. The van der Waals surface area contributed by atoms with Gasteiger partial charge in [-0.25, -0.2) is 4.79 Å². The topological polar surface area (TPSA) is 80.0 Å². The maximum atomic E-state index is 12.1. The van der Waals surface area contributed by atoms with Crippen LogP contribution in [0.4, 0.5) is 10.5 Å². The molecular weight excluding hydrogens is 268 g/mol. The first-order valence-corrected chi connectivity index (χ1v) is 6.97. The van der Waals surface area contributed by atoms with E-state index in [0.717, 1.165) is 12.1 Å². The summed E-state index contributed by atoms with van der Waals surface area (Å²) in [5, 5.41) is 13.5. The molecule has 1 atom stereocenters. The van der Waals surface area contributed by atoms with Gasteiger partial charge in [0.05, 0.1) is 0 Å². The SMILES string of the molecule is Cc1nnc(C(CC(C)C)NC(=O)Nc2ccccc2)o1. The minimum absolute atomic E-state index is 0.289. The first kappa shape index (κ1) is 15.0. The lowest BCUT2D eigenvalue weighted by Crippen LogP contribution is -2.33. The molecule has 0 spiro atoms. The summed E-state index contributed by atoms with van der Waals surface area (Å²) >= 11 is 0. The largest absolute Gasteiger partial charge is 0.423 e. The Labute approximate surface area is 124 Å². The Kier molecular flexibility index (Phi) is 4.92. The molecule has 1 heterocycles. The number of hydrogen-bond donors (Lipinski definition) is 2. The molecule has 1 unspecified atom stereocenters. The highest BCUT2D eigenvalue weighted by atomic mass is 16.4. The quantitative estimate of drug-likeness (QED) is 0.884. The summed E-state index contributed by atoms with van der Waals surface area (Å²) in [5.41, 5.74) is 0.736. The second-order valence-corrected chi connectivity index (χ2v) is 5.31. The summed E-state index contributed by atoms with van der Waals surface area (Å²) in [4.78, 5) is 12.1. The predicted molar refractivity (Wildman–Crippen MR) is 79.8 cm³/mol. The fraction of sp³-hybridized carbons (Fsp3) is 0.400. The van der Waals surface area contributed by atoms with E-state index in [-0.39, 0.29) is 12.1 Å². The number of anilines is 1. The Balaban J connectivity index is 2.03. The van der Waals surface area contributed by atoms with E-state index in [2.05, 4.69) is 34.7 Å². The standard InChI is InChI=1S/C15H20N4O2/c1-10(2)9-13(14-19-18-11(3)21-14)17-15(20)16-12-7-5-4-6-8-12/h4-8,10,13H,9H2,1-3H3,(H2,16,17,20). The van der Waals surface area contributed by atoms with Crippen molar-refractivity contribution in [2.45, 2.75) is 33.2 Å². The first-order valence-electron chi connectivity index (χ1n) is 6.97. The maximum absolute atomic E-state index is 12.1. The Morgan fingerprint density at radius 1 is 1.24 bits per heavy atom. The van der Waals surface area contributed by atoms with Crippen molar-refractivity contribution in [3.05, 3.63) is 42.1 Å². The molecule has 6 heteroatoms. The third kappa shape index (κ3) is 4.59. The van der Waals surface area contributed by atoms with Crippen molar-refractivity contribution in [2.75, 3.05) is 5.32 Å². The van der Waals surface area contributed by atoms with E-state index < -0.39 is 0 Å². The number of hydrogen-bond acceptors (Lipinski definition) is 4. The van der Waals surface area contributed by atoms with Gasteiger partial charge in [-0.1, -0.05) is 32.0 Å². The molecule has 0 bridgehead atoms. The van der Waals surface area contributed by atoms with Crippen LogP contribution in [0.2, 0.25) is 0 Å². The average Bonchev–Trinajstić information content (AvgIpc) is 2.85. The minimum atomic E-state index is -0.296. The van der Waals surface area contributed by atoms with Crippen molar-refractivity contribution in [3.63, 3.8) is 0 Å². The molecule has 0 saturated heterocycles. The molecule has 21 heavy (non-hydrogen) atoms. The van der Waals surface area contributed by atoms with Crippen LogP contribution in [0, 0.1) is 12.8 Å². The smallest absolute Gasteiger partial charge is 0.319 e. The molecule has 1 aromatic heterocycles. The van der Waals surface area contributed by atoms with Crippen LogP contribution in [-0.2, 0) is 0 Å². The van der Waals surface area contributed by atoms with Gasteiger partial charge < -0.3 is 15.1 Å². The summed E-state index contributed by atoms with van der Waals surface area (Å²) in [5.74, 6) is 1.31. The molecule has 0 radical (unpaired) electrons. The Morgan fingerprint density at radius 2 is 1.95 bits per heavy atom. The molecule has 2 N–H and O–H groups in total. The van der Waals surface area contributed by atoms with Crippen molar-refractivity contribution in [2.24, 2.45) is 5.92 Å². The highest BCUT2D eigenvalue weighted by Crippen LogP contribution is 2.20. The lowest BCUT2D eigenvalue weighted by Gasteiger charge is -2.17. The molecule has 6 nitrogen and oxygen atoms in total. The van der Waals surface area contributed by atoms with Crippen molar-refractivity contribution in [1.29, 1.82) is 0 Å². The number of carbonyl (C=O) groups is 1. The molecule has 0 aliphatic heterocycles. The highest BCUT2D eigenvalue weighted by molar-refractivity contribution is 5.89. The lowest BCUT2D eigenvalue weighted by atomic mass is 10.0. The fourth-order valence-electron chi connectivity index (χ4n) is 1.99. The van der Waals surface area contributed by atoms with E-state index in [9.17, 15) is 4.79 Å². The highest BCUT2D eigenvalue weighted by Gasteiger charge is 2.21. The predicted octanol–water partition coefficient (Wildman–Crippen LogP) is 3.29. The number of carbonyl (C=O) groups excluding carboxylic acids is 1. The fourth-order valence-corrected chi connectivity index (χ4v) is 1.99. The van der Waals surface area contributed by atoms with Crippen LogP contribution < -0.4 is 10.6 Å².